The summed E-state index contributed by atoms with van der Waals surface area (Å²) in [6.07, 6.45) is -0.521. The van der Waals surface area contributed by atoms with Crippen LogP contribution in [-0.2, 0) is 9.59 Å². The summed E-state index contributed by atoms with van der Waals surface area (Å²) in [6.45, 7) is 7.38. The largest absolute Gasteiger partial charge is 0.479 e. The van der Waals surface area contributed by atoms with Gasteiger partial charge in [0.1, 0.15) is 5.75 Å². The van der Waals surface area contributed by atoms with E-state index in [2.05, 4.69) is 10.6 Å². The number of fused-ring (bicyclic) bond motifs is 1. The van der Waals surface area contributed by atoms with E-state index >= 15 is 0 Å². The molecule has 2 atom stereocenters. The van der Waals surface area contributed by atoms with Crippen molar-refractivity contribution in [3.8, 4) is 5.75 Å². The topological polar surface area (TPSA) is 93.4 Å². The lowest BCUT2D eigenvalue weighted by molar-refractivity contribution is -0.122. The third-order valence-corrected chi connectivity index (χ3v) is 3.39. The van der Waals surface area contributed by atoms with Crippen molar-refractivity contribution in [1.29, 1.82) is 0 Å². The Hall–Kier alpha value is -1.79. The highest BCUT2D eigenvalue weighted by atomic mass is 35.5. The van der Waals surface area contributed by atoms with E-state index in [0.717, 1.165) is 0 Å². The average molecular weight is 328 g/mol. The number of hydrogen-bond acceptors (Lipinski definition) is 4. The molecule has 1 aromatic carbocycles. The first-order valence-corrected chi connectivity index (χ1v) is 6.86. The van der Waals surface area contributed by atoms with Gasteiger partial charge in [0.2, 0.25) is 5.91 Å². The summed E-state index contributed by atoms with van der Waals surface area (Å²) < 4.78 is 5.46. The van der Waals surface area contributed by atoms with Crippen LogP contribution in [0.15, 0.2) is 18.2 Å². The lowest BCUT2D eigenvalue weighted by Crippen LogP contribution is -2.45. The van der Waals surface area contributed by atoms with Gasteiger partial charge in [-0.25, -0.2) is 0 Å². The summed E-state index contributed by atoms with van der Waals surface area (Å²) in [5.74, 6) is 0.108. The first kappa shape index (κ1) is 18.3. The number of hydrogen-bond donors (Lipinski definition) is 3. The normalized spacial score (nSPS) is 18.2. The molecule has 0 fully saturated rings. The molecule has 1 aromatic rings. The van der Waals surface area contributed by atoms with Gasteiger partial charge in [0.15, 0.2) is 6.10 Å². The highest BCUT2D eigenvalue weighted by molar-refractivity contribution is 6.00. The second-order valence-electron chi connectivity index (χ2n) is 6.29. The summed E-state index contributed by atoms with van der Waals surface area (Å²) >= 11 is 0. The highest BCUT2D eigenvalue weighted by Crippen LogP contribution is 2.32. The molecule has 122 valence electrons. The number of amides is 2. The molecule has 6 nitrogen and oxygen atoms in total. The monoisotopic (exact) mass is 327 g/mol. The van der Waals surface area contributed by atoms with Crippen molar-refractivity contribution in [2.45, 2.75) is 39.8 Å². The summed E-state index contributed by atoms with van der Waals surface area (Å²) in [6, 6.07) is 4.46. The molecule has 1 heterocycles. The van der Waals surface area contributed by atoms with Crippen LogP contribution >= 0.6 is 12.4 Å². The molecule has 0 aromatic heterocycles. The molecular weight excluding hydrogens is 306 g/mol. The van der Waals surface area contributed by atoms with E-state index in [1.807, 2.05) is 20.8 Å². The van der Waals surface area contributed by atoms with Crippen LogP contribution in [0.5, 0.6) is 5.75 Å². The quantitative estimate of drug-likeness (QED) is 0.775. The van der Waals surface area contributed by atoms with Crippen LogP contribution in [0.1, 0.15) is 27.7 Å². The Bertz CT molecular complexity index is 584. The van der Waals surface area contributed by atoms with E-state index in [1.54, 1.807) is 25.1 Å². The van der Waals surface area contributed by atoms with Gasteiger partial charge in [0, 0.05) is 5.69 Å². The minimum Gasteiger partial charge on any atom is -0.479 e. The Morgan fingerprint density at radius 3 is 2.64 bits per heavy atom. The number of rotatable bonds is 2. The molecule has 0 radical (unpaired) electrons. The van der Waals surface area contributed by atoms with Gasteiger partial charge in [0.25, 0.3) is 5.91 Å². The molecule has 1 unspecified atom stereocenters. The van der Waals surface area contributed by atoms with E-state index in [-0.39, 0.29) is 29.6 Å². The van der Waals surface area contributed by atoms with Crippen LogP contribution in [0, 0.1) is 5.41 Å². The van der Waals surface area contributed by atoms with E-state index in [4.69, 9.17) is 10.5 Å². The molecule has 0 aliphatic carbocycles. The second-order valence-corrected chi connectivity index (χ2v) is 6.29. The van der Waals surface area contributed by atoms with E-state index in [9.17, 15) is 9.59 Å². The summed E-state index contributed by atoms with van der Waals surface area (Å²) in [7, 11) is 0. The van der Waals surface area contributed by atoms with Crippen LogP contribution in [0.4, 0.5) is 11.4 Å². The van der Waals surface area contributed by atoms with Crippen LogP contribution < -0.4 is 21.1 Å². The number of carbonyl (C=O) groups excluding carboxylic acids is 2. The molecule has 4 N–H and O–H groups in total. The Balaban J connectivity index is 0.00000242. The predicted molar refractivity (Wildman–Crippen MR) is 88.5 cm³/mol. The first-order valence-electron chi connectivity index (χ1n) is 6.86. The average Bonchev–Trinajstić information content (AvgIpc) is 2.38. The van der Waals surface area contributed by atoms with Gasteiger partial charge in [-0.3, -0.25) is 9.59 Å². The zero-order chi connectivity index (χ0) is 15.8. The summed E-state index contributed by atoms with van der Waals surface area (Å²) in [5.41, 5.74) is 6.69. The fourth-order valence-corrected chi connectivity index (χ4v) is 1.90. The molecule has 22 heavy (non-hydrogen) atoms. The number of ether oxygens (including phenoxy) is 1. The molecule has 0 bridgehead atoms. The maximum absolute atomic E-state index is 12.1. The maximum Gasteiger partial charge on any atom is 0.265 e. The standard InChI is InChI=1S/C15H21N3O3.ClH/c1-8-13(19)18-10-7-9(5-6-11(10)21-8)17-14(20)12(16)15(2,3)4;/h5-8,12H,16H2,1-4H3,(H,17,20)(H,18,19);1H/t8?,12-;/m1./s1. The summed E-state index contributed by atoms with van der Waals surface area (Å²) in [4.78, 5) is 23.7. The van der Waals surface area contributed by atoms with Crippen LogP contribution in [0.2, 0.25) is 0 Å². The van der Waals surface area contributed by atoms with Gasteiger partial charge in [-0.15, -0.1) is 12.4 Å². The number of benzene rings is 1. The molecule has 7 heteroatoms. The van der Waals surface area contributed by atoms with Crippen molar-refractivity contribution in [2.75, 3.05) is 10.6 Å². The number of nitrogens with one attached hydrogen (secondary N) is 2. The Labute approximate surface area is 136 Å². The third-order valence-electron chi connectivity index (χ3n) is 3.39. The molecule has 1 aliphatic heterocycles. The van der Waals surface area contributed by atoms with E-state index in [1.165, 1.54) is 0 Å². The smallest absolute Gasteiger partial charge is 0.265 e. The minimum absolute atomic E-state index is 0. The van der Waals surface area contributed by atoms with Gasteiger partial charge < -0.3 is 21.1 Å². The van der Waals surface area contributed by atoms with Crippen molar-refractivity contribution in [3.05, 3.63) is 18.2 Å². The minimum atomic E-state index is -0.626. The van der Waals surface area contributed by atoms with Crippen molar-refractivity contribution in [3.63, 3.8) is 0 Å². The van der Waals surface area contributed by atoms with Crippen molar-refractivity contribution in [1.82, 2.24) is 0 Å². The third kappa shape index (κ3) is 3.90. The van der Waals surface area contributed by atoms with Gasteiger partial charge in [-0.1, -0.05) is 20.8 Å². The van der Waals surface area contributed by atoms with E-state index < -0.39 is 12.1 Å². The first-order chi connectivity index (χ1) is 9.68. The zero-order valence-electron chi connectivity index (χ0n) is 13.1. The molecule has 2 rings (SSSR count). The second kappa shape index (κ2) is 6.54. The molecular formula is C15H22ClN3O3. The number of halogens is 1. The van der Waals surface area contributed by atoms with Crippen molar-refractivity contribution in [2.24, 2.45) is 11.1 Å². The van der Waals surface area contributed by atoms with Crippen LogP contribution in [0.3, 0.4) is 0 Å². The van der Waals surface area contributed by atoms with Gasteiger partial charge in [0.05, 0.1) is 11.7 Å². The lowest BCUT2D eigenvalue weighted by Gasteiger charge is -2.26. The van der Waals surface area contributed by atoms with Gasteiger partial charge >= 0.3 is 0 Å². The number of nitrogens with two attached hydrogens (primary N) is 1. The number of anilines is 2. The SMILES string of the molecule is CC1Oc2ccc(NC(=O)[C@@H](N)C(C)(C)C)cc2NC1=O.Cl. The van der Waals surface area contributed by atoms with Crippen molar-refractivity contribution < 1.29 is 14.3 Å². The Kier molecular flexibility index (Phi) is 5.43. The fourth-order valence-electron chi connectivity index (χ4n) is 1.90. The molecule has 1 aliphatic rings. The lowest BCUT2D eigenvalue weighted by atomic mass is 9.87. The molecule has 0 spiro atoms. The zero-order valence-corrected chi connectivity index (χ0v) is 13.9. The van der Waals surface area contributed by atoms with E-state index in [0.29, 0.717) is 17.1 Å². The van der Waals surface area contributed by atoms with Crippen molar-refractivity contribution >= 4 is 35.6 Å². The molecule has 2 amide bonds. The molecule has 0 saturated carbocycles. The Morgan fingerprint density at radius 2 is 2.05 bits per heavy atom. The van der Waals surface area contributed by atoms with Gasteiger partial charge in [-0.2, -0.15) is 0 Å². The fraction of sp³-hybridized carbons (Fsp3) is 0.467. The summed E-state index contributed by atoms with van der Waals surface area (Å²) in [5, 5.41) is 5.49. The maximum atomic E-state index is 12.1. The highest BCUT2D eigenvalue weighted by Gasteiger charge is 2.28. The van der Waals surface area contributed by atoms with Crippen LogP contribution in [0.25, 0.3) is 0 Å². The van der Waals surface area contributed by atoms with Crippen LogP contribution in [-0.4, -0.2) is 24.0 Å². The predicted octanol–water partition coefficient (Wildman–Crippen LogP) is 2.14. The number of carbonyl (C=O) groups is 2. The Morgan fingerprint density at radius 1 is 1.41 bits per heavy atom. The molecule has 0 saturated heterocycles. The van der Waals surface area contributed by atoms with Gasteiger partial charge in [-0.05, 0) is 30.5 Å².